The Balaban J connectivity index is 2.39. The van der Waals surface area contributed by atoms with E-state index in [2.05, 4.69) is 13.5 Å². The number of rotatable bonds is 5. The van der Waals surface area contributed by atoms with Gasteiger partial charge >= 0.3 is 0 Å². The van der Waals surface area contributed by atoms with Gasteiger partial charge in [0, 0.05) is 20.2 Å². The molecule has 1 amide bonds. The topological polar surface area (TPSA) is 29.5 Å². The summed E-state index contributed by atoms with van der Waals surface area (Å²) in [5.41, 5.74) is 0.761. The Bertz CT molecular complexity index is 225. The second-order valence-electron chi connectivity index (χ2n) is 5.25. The summed E-state index contributed by atoms with van der Waals surface area (Å²) < 4.78 is 6.15. The van der Waals surface area contributed by atoms with Crippen molar-refractivity contribution in [3.8, 4) is 0 Å². The minimum atomic E-state index is -1.51. The van der Waals surface area contributed by atoms with Gasteiger partial charge in [-0.3, -0.25) is 4.79 Å². The van der Waals surface area contributed by atoms with E-state index in [1.54, 1.807) is 4.90 Å². The van der Waals surface area contributed by atoms with Gasteiger partial charge in [-0.05, 0) is 31.0 Å². The van der Waals surface area contributed by atoms with Gasteiger partial charge in [-0.25, -0.2) is 0 Å². The van der Waals surface area contributed by atoms with Crippen LogP contribution in [0.2, 0.25) is 18.1 Å². The lowest BCUT2D eigenvalue weighted by Crippen LogP contribution is -2.38. The van der Waals surface area contributed by atoms with Crippen LogP contribution in [0.1, 0.15) is 32.6 Å². The molecular formula is C12H25NO2Si. The molecule has 2 atom stereocenters. The van der Waals surface area contributed by atoms with Crippen LogP contribution in [0.5, 0.6) is 0 Å². The highest BCUT2D eigenvalue weighted by Gasteiger charge is 2.36. The number of carbonyl (C=O) groups excluding carboxylic acids is 1. The molecule has 0 aromatic rings. The van der Waals surface area contributed by atoms with E-state index in [-0.39, 0.29) is 0 Å². The van der Waals surface area contributed by atoms with Crippen LogP contribution in [0.15, 0.2) is 0 Å². The maximum absolute atomic E-state index is 10.5. The zero-order chi connectivity index (χ0) is 12.0. The molecule has 0 bridgehead atoms. The number of nitrogens with zero attached hydrogens (tertiary/aromatic N) is 1. The second kappa shape index (κ2) is 6.40. The summed E-state index contributed by atoms with van der Waals surface area (Å²) in [6.07, 6.45) is 5.86. The van der Waals surface area contributed by atoms with E-state index in [0.717, 1.165) is 31.5 Å². The van der Waals surface area contributed by atoms with Gasteiger partial charge in [0.25, 0.3) is 0 Å². The minimum Gasteiger partial charge on any atom is -0.417 e. The summed E-state index contributed by atoms with van der Waals surface area (Å²) in [7, 11) is 0.329. The van der Waals surface area contributed by atoms with E-state index in [1.807, 2.05) is 7.05 Å². The Morgan fingerprint density at radius 3 is 2.94 bits per heavy atom. The standard InChI is InChI=1S/C12H25NO2Si/c1-12-7-4-5-9-15-16(12,3)10-6-8-13(2)11-14/h11-12H,4-10H2,1-3H3. The Morgan fingerprint density at radius 1 is 1.50 bits per heavy atom. The normalized spacial score (nSPS) is 30.8. The fourth-order valence-corrected chi connectivity index (χ4v) is 5.56. The van der Waals surface area contributed by atoms with E-state index in [4.69, 9.17) is 4.43 Å². The van der Waals surface area contributed by atoms with Gasteiger partial charge in [-0.1, -0.05) is 19.8 Å². The van der Waals surface area contributed by atoms with Gasteiger partial charge in [0.2, 0.25) is 6.41 Å². The molecular weight excluding hydrogens is 218 g/mol. The van der Waals surface area contributed by atoms with Crippen molar-refractivity contribution >= 4 is 14.7 Å². The van der Waals surface area contributed by atoms with Crippen LogP contribution in [0, 0.1) is 0 Å². The van der Waals surface area contributed by atoms with Crippen LogP contribution in [0.25, 0.3) is 0 Å². The highest BCUT2D eigenvalue weighted by Crippen LogP contribution is 2.34. The molecule has 0 spiro atoms. The monoisotopic (exact) mass is 243 g/mol. The summed E-state index contributed by atoms with van der Waals surface area (Å²) in [5.74, 6) is 0. The van der Waals surface area contributed by atoms with Crippen LogP contribution in [-0.4, -0.2) is 39.8 Å². The molecule has 0 aliphatic carbocycles. The summed E-state index contributed by atoms with van der Waals surface area (Å²) in [5, 5.41) is 0. The molecule has 1 aliphatic heterocycles. The third-order valence-electron chi connectivity index (χ3n) is 3.87. The maximum atomic E-state index is 10.5. The number of hydrogen-bond donors (Lipinski definition) is 0. The van der Waals surface area contributed by atoms with E-state index >= 15 is 0 Å². The predicted molar refractivity (Wildman–Crippen MR) is 69.0 cm³/mol. The highest BCUT2D eigenvalue weighted by molar-refractivity contribution is 6.73. The first-order valence-electron chi connectivity index (χ1n) is 6.38. The lowest BCUT2D eigenvalue weighted by Gasteiger charge is -2.31. The molecule has 94 valence electrons. The fraction of sp³-hybridized carbons (Fsp3) is 0.917. The smallest absolute Gasteiger partial charge is 0.209 e. The van der Waals surface area contributed by atoms with Crippen LogP contribution < -0.4 is 0 Å². The zero-order valence-corrected chi connectivity index (χ0v) is 11.9. The summed E-state index contributed by atoms with van der Waals surface area (Å²) in [6, 6.07) is 1.19. The van der Waals surface area contributed by atoms with Crippen molar-refractivity contribution in [1.82, 2.24) is 4.90 Å². The molecule has 0 aromatic heterocycles. The molecule has 16 heavy (non-hydrogen) atoms. The highest BCUT2D eigenvalue weighted by atomic mass is 28.4. The molecule has 4 heteroatoms. The van der Waals surface area contributed by atoms with Gasteiger partial charge in [0.05, 0.1) is 0 Å². The molecule has 1 saturated heterocycles. The average Bonchev–Trinajstić information content (AvgIpc) is 2.42. The average molecular weight is 243 g/mol. The van der Waals surface area contributed by atoms with Gasteiger partial charge in [-0.2, -0.15) is 0 Å². The summed E-state index contributed by atoms with van der Waals surface area (Å²) in [6.45, 7) is 6.53. The van der Waals surface area contributed by atoms with Crippen molar-refractivity contribution in [2.75, 3.05) is 20.2 Å². The van der Waals surface area contributed by atoms with E-state index < -0.39 is 8.32 Å². The number of carbonyl (C=O) groups is 1. The number of hydrogen-bond acceptors (Lipinski definition) is 2. The predicted octanol–water partition coefficient (Wildman–Crippen LogP) is 2.63. The second-order valence-corrected chi connectivity index (χ2v) is 9.65. The Morgan fingerprint density at radius 2 is 2.25 bits per heavy atom. The van der Waals surface area contributed by atoms with Crippen molar-refractivity contribution in [2.24, 2.45) is 0 Å². The van der Waals surface area contributed by atoms with Crippen LogP contribution >= 0.6 is 0 Å². The van der Waals surface area contributed by atoms with Gasteiger partial charge in [0.15, 0.2) is 8.32 Å². The van der Waals surface area contributed by atoms with Crippen molar-refractivity contribution in [3.63, 3.8) is 0 Å². The molecule has 1 rings (SSSR count). The molecule has 1 heterocycles. The Kier molecular flexibility index (Phi) is 5.48. The molecule has 3 nitrogen and oxygen atoms in total. The number of amides is 1. The van der Waals surface area contributed by atoms with Crippen LogP contribution in [0.4, 0.5) is 0 Å². The third kappa shape index (κ3) is 3.90. The lowest BCUT2D eigenvalue weighted by atomic mass is 10.2. The summed E-state index contributed by atoms with van der Waals surface area (Å²) in [4.78, 5) is 12.2. The molecule has 2 unspecified atom stereocenters. The minimum absolute atomic E-state index is 0.761. The molecule has 1 aliphatic rings. The third-order valence-corrected chi connectivity index (χ3v) is 8.45. The van der Waals surface area contributed by atoms with Crippen molar-refractivity contribution in [2.45, 2.75) is 50.7 Å². The molecule has 0 radical (unpaired) electrons. The van der Waals surface area contributed by atoms with Crippen LogP contribution in [0.3, 0.4) is 0 Å². The molecule has 0 N–H and O–H groups in total. The SMILES string of the molecule is CC1CCCCO[Si]1(C)CCCN(C)C=O. The quantitative estimate of drug-likeness (QED) is 0.549. The molecule has 0 saturated carbocycles. The first-order chi connectivity index (χ1) is 7.58. The molecule has 0 aromatic carbocycles. The fourth-order valence-electron chi connectivity index (χ4n) is 2.36. The zero-order valence-electron chi connectivity index (χ0n) is 10.9. The Hall–Kier alpha value is -0.353. The Labute approximate surface area is 100 Å². The lowest BCUT2D eigenvalue weighted by molar-refractivity contribution is -0.117. The van der Waals surface area contributed by atoms with Gasteiger partial charge in [-0.15, -0.1) is 0 Å². The van der Waals surface area contributed by atoms with Gasteiger partial charge in [0.1, 0.15) is 0 Å². The van der Waals surface area contributed by atoms with E-state index in [1.165, 1.54) is 25.3 Å². The van der Waals surface area contributed by atoms with Crippen molar-refractivity contribution < 1.29 is 9.22 Å². The maximum Gasteiger partial charge on any atom is 0.209 e. The van der Waals surface area contributed by atoms with E-state index in [0.29, 0.717) is 0 Å². The first-order valence-corrected chi connectivity index (χ1v) is 9.07. The van der Waals surface area contributed by atoms with Crippen molar-refractivity contribution in [3.05, 3.63) is 0 Å². The first kappa shape index (κ1) is 13.7. The van der Waals surface area contributed by atoms with Gasteiger partial charge < -0.3 is 9.33 Å². The van der Waals surface area contributed by atoms with Crippen LogP contribution in [-0.2, 0) is 9.22 Å². The van der Waals surface area contributed by atoms with Crippen molar-refractivity contribution in [1.29, 1.82) is 0 Å². The largest absolute Gasteiger partial charge is 0.417 e. The molecule has 1 fully saturated rings. The van der Waals surface area contributed by atoms with E-state index in [9.17, 15) is 4.79 Å². The summed E-state index contributed by atoms with van der Waals surface area (Å²) >= 11 is 0.